The van der Waals surface area contributed by atoms with E-state index in [-0.39, 0.29) is 0 Å². The third-order valence-electron chi connectivity index (χ3n) is 3.04. The molecule has 3 nitrogen and oxygen atoms in total. The number of hydrogen-bond acceptors (Lipinski definition) is 3. The minimum Gasteiger partial charge on any atom is -0.387 e. The van der Waals surface area contributed by atoms with Crippen LogP contribution < -0.4 is 4.90 Å². The van der Waals surface area contributed by atoms with Gasteiger partial charge in [-0.3, -0.25) is 4.98 Å². The summed E-state index contributed by atoms with van der Waals surface area (Å²) in [6.07, 6.45) is 2.14. The first kappa shape index (κ1) is 16.0. The van der Waals surface area contributed by atoms with Crippen molar-refractivity contribution in [3.8, 4) is 0 Å². The van der Waals surface area contributed by atoms with Crippen LogP contribution in [0.2, 0.25) is 0 Å². The zero-order valence-electron chi connectivity index (χ0n) is 12.9. The van der Waals surface area contributed by atoms with E-state index in [1.807, 2.05) is 19.2 Å². The Morgan fingerprint density at radius 3 is 2.05 bits per heavy atom. The minimum atomic E-state index is -0.447. The van der Waals surface area contributed by atoms with E-state index in [0.29, 0.717) is 18.3 Å². The summed E-state index contributed by atoms with van der Waals surface area (Å²) in [5.41, 5.74) is 1.91. The summed E-state index contributed by atoms with van der Waals surface area (Å²) in [5, 5.41) is 9.77. The lowest BCUT2D eigenvalue weighted by atomic mass is 10.1. The molecule has 1 aromatic rings. The highest BCUT2D eigenvalue weighted by atomic mass is 16.3. The second kappa shape index (κ2) is 7.49. The minimum absolute atomic E-state index is 0.447. The first-order valence-electron chi connectivity index (χ1n) is 7.33. The molecule has 19 heavy (non-hydrogen) atoms. The molecule has 1 atom stereocenters. The van der Waals surface area contributed by atoms with E-state index in [4.69, 9.17) is 0 Å². The third kappa shape index (κ3) is 5.19. The van der Waals surface area contributed by atoms with Crippen molar-refractivity contribution in [2.45, 2.75) is 47.1 Å². The maximum atomic E-state index is 9.77. The standard InChI is InChI=1S/C16H28N2O/c1-6-16(19)15-8-7-14(9-17-15)18(10-12(2)3)11-13(4)5/h7-9,12-13,16,19H,6,10-11H2,1-5H3/t16-/m1/s1. The van der Waals surface area contributed by atoms with Crippen LogP contribution in [0, 0.1) is 11.8 Å². The monoisotopic (exact) mass is 264 g/mol. The molecule has 108 valence electrons. The maximum absolute atomic E-state index is 9.77. The van der Waals surface area contributed by atoms with Crippen LogP contribution in [0.15, 0.2) is 18.3 Å². The van der Waals surface area contributed by atoms with Crippen molar-refractivity contribution in [2.75, 3.05) is 18.0 Å². The largest absolute Gasteiger partial charge is 0.387 e. The van der Waals surface area contributed by atoms with Crippen LogP contribution in [0.4, 0.5) is 5.69 Å². The van der Waals surface area contributed by atoms with Gasteiger partial charge in [0.05, 0.1) is 23.7 Å². The Labute approximate surface area is 117 Å². The molecule has 1 rings (SSSR count). The topological polar surface area (TPSA) is 36.4 Å². The molecule has 1 aromatic heterocycles. The Morgan fingerprint density at radius 2 is 1.68 bits per heavy atom. The molecule has 1 N–H and O–H groups in total. The van der Waals surface area contributed by atoms with Gasteiger partial charge in [-0.2, -0.15) is 0 Å². The molecule has 0 aliphatic rings. The molecule has 0 spiro atoms. The highest BCUT2D eigenvalue weighted by molar-refractivity contribution is 5.44. The average Bonchev–Trinajstić information content (AvgIpc) is 2.36. The van der Waals surface area contributed by atoms with Gasteiger partial charge in [0.2, 0.25) is 0 Å². The van der Waals surface area contributed by atoms with Crippen LogP contribution >= 0.6 is 0 Å². The molecule has 0 saturated heterocycles. The number of nitrogens with zero attached hydrogens (tertiary/aromatic N) is 2. The van der Waals surface area contributed by atoms with E-state index in [2.05, 4.69) is 43.6 Å². The van der Waals surface area contributed by atoms with Gasteiger partial charge in [0, 0.05) is 13.1 Å². The van der Waals surface area contributed by atoms with Crippen molar-refractivity contribution in [1.82, 2.24) is 4.98 Å². The second-order valence-corrected chi connectivity index (χ2v) is 6.06. The van der Waals surface area contributed by atoms with E-state index in [9.17, 15) is 5.11 Å². The lowest BCUT2D eigenvalue weighted by Gasteiger charge is -2.28. The Balaban J connectivity index is 2.84. The SMILES string of the molecule is CC[C@@H](O)c1ccc(N(CC(C)C)CC(C)C)cn1. The summed E-state index contributed by atoms with van der Waals surface area (Å²) >= 11 is 0. The maximum Gasteiger partial charge on any atom is 0.0957 e. The molecule has 0 aliphatic heterocycles. The first-order chi connectivity index (χ1) is 8.93. The van der Waals surface area contributed by atoms with Gasteiger partial charge in [-0.1, -0.05) is 34.6 Å². The van der Waals surface area contributed by atoms with Gasteiger partial charge >= 0.3 is 0 Å². The summed E-state index contributed by atoms with van der Waals surface area (Å²) in [7, 11) is 0. The summed E-state index contributed by atoms with van der Waals surface area (Å²) in [4.78, 5) is 6.77. The van der Waals surface area contributed by atoms with E-state index < -0.39 is 6.10 Å². The molecule has 0 aliphatic carbocycles. The lowest BCUT2D eigenvalue weighted by Crippen LogP contribution is -2.31. The number of aromatic nitrogens is 1. The zero-order valence-corrected chi connectivity index (χ0v) is 12.9. The van der Waals surface area contributed by atoms with Crippen molar-refractivity contribution in [2.24, 2.45) is 11.8 Å². The van der Waals surface area contributed by atoms with Crippen molar-refractivity contribution in [3.63, 3.8) is 0 Å². The molecule has 0 radical (unpaired) electrons. The molecule has 0 saturated carbocycles. The number of hydrogen-bond donors (Lipinski definition) is 1. The zero-order chi connectivity index (χ0) is 14.4. The number of pyridine rings is 1. The summed E-state index contributed by atoms with van der Waals surface area (Å²) < 4.78 is 0. The molecule has 0 amide bonds. The Morgan fingerprint density at radius 1 is 1.11 bits per heavy atom. The van der Waals surface area contributed by atoms with E-state index in [1.165, 1.54) is 0 Å². The lowest BCUT2D eigenvalue weighted by molar-refractivity contribution is 0.169. The molecule has 1 heterocycles. The second-order valence-electron chi connectivity index (χ2n) is 6.06. The molecule has 3 heteroatoms. The van der Waals surface area contributed by atoms with Crippen molar-refractivity contribution < 1.29 is 5.11 Å². The molecule has 0 aromatic carbocycles. The Hall–Kier alpha value is -1.09. The van der Waals surface area contributed by atoms with Crippen LogP contribution in [0.1, 0.15) is 52.8 Å². The summed E-state index contributed by atoms with van der Waals surface area (Å²) in [5.74, 6) is 1.25. The highest BCUT2D eigenvalue weighted by Crippen LogP contribution is 2.20. The Kier molecular flexibility index (Phi) is 6.29. The number of rotatable bonds is 7. The van der Waals surface area contributed by atoms with Crippen LogP contribution in [-0.4, -0.2) is 23.2 Å². The number of anilines is 1. The van der Waals surface area contributed by atoms with Crippen molar-refractivity contribution >= 4 is 5.69 Å². The third-order valence-corrected chi connectivity index (χ3v) is 3.04. The first-order valence-corrected chi connectivity index (χ1v) is 7.33. The summed E-state index contributed by atoms with van der Waals surface area (Å²) in [6, 6.07) is 4.02. The fraction of sp³-hybridized carbons (Fsp3) is 0.688. The van der Waals surface area contributed by atoms with Gasteiger partial charge in [0.15, 0.2) is 0 Å². The molecular formula is C16H28N2O. The van der Waals surface area contributed by atoms with E-state index in [0.717, 1.165) is 24.5 Å². The van der Waals surface area contributed by atoms with Crippen LogP contribution in [-0.2, 0) is 0 Å². The average molecular weight is 264 g/mol. The van der Waals surface area contributed by atoms with Gasteiger partial charge in [-0.15, -0.1) is 0 Å². The predicted molar refractivity (Wildman–Crippen MR) is 81.4 cm³/mol. The van der Waals surface area contributed by atoms with E-state index in [1.54, 1.807) is 0 Å². The predicted octanol–water partition coefficient (Wildman–Crippen LogP) is 3.64. The highest BCUT2D eigenvalue weighted by Gasteiger charge is 2.12. The fourth-order valence-corrected chi connectivity index (χ4v) is 2.16. The van der Waals surface area contributed by atoms with Gasteiger partial charge in [-0.05, 0) is 30.4 Å². The van der Waals surface area contributed by atoms with Gasteiger partial charge < -0.3 is 10.0 Å². The Bertz CT molecular complexity index is 350. The molecule has 0 unspecified atom stereocenters. The van der Waals surface area contributed by atoms with Crippen LogP contribution in [0.25, 0.3) is 0 Å². The quantitative estimate of drug-likeness (QED) is 0.816. The van der Waals surface area contributed by atoms with Crippen molar-refractivity contribution in [1.29, 1.82) is 0 Å². The van der Waals surface area contributed by atoms with Crippen molar-refractivity contribution in [3.05, 3.63) is 24.0 Å². The summed E-state index contributed by atoms with van der Waals surface area (Å²) in [6.45, 7) is 13.0. The van der Waals surface area contributed by atoms with Crippen LogP contribution in [0.5, 0.6) is 0 Å². The van der Waals surface area contributed by atoms with Gasteiger partial charge in [-0.25, -0.2) is 0 Å². The van der Waals surface area contributed by atoms with Crippen LogP contribution in [0.3, 0.4) is 0 Å². The number of aliphatic hydroxyl groups is 1. The molecule has 0 fully saturated rings. The molecular weight excluding hydrogens is 236 g/mol. The normalized spacial score (nSPS) is 13.1. The number of aliphatic hydroxyl groups excluding tert-OH is 1. The van der Waals surface area contributed by atoms with Gasteiger partial charge in [0.25, 0.3) is 0 Å². The van der Waals surface area contributed by atoms with E-state index >= 15 is 0 Å². The van der Waals surface area contributed by atoms with Gasteiger partial charge in [0.1, 0.15) is 0 Å². The molecule has 0 bridgehead atoms. The smallest absolute Gasteiger partial charge is 0.0957 e. The fourth-order valence-electron chi connectivity index (χ4n) is 2.16.